The summed E-state index contributed by atoms with van der Waals surface area (Å²) in [4.78, 5) is 12.9. The van der Waals surface area contributed by atoms with Crippen LogP contribution in [0, 0.1) is 0 Å². The number of carbonyl (C=O) groups excluding carboxylic acids is 1. The Kier molecular flexibility index (Phi) is 4.63. The minimum atomic E-state index is -0.343. The molecule has 82 valence electrons. The average molecular weight is 208 g/mol. The molecule has 0 aliphatic carbocycles. The van der Waals surface area contributed by atoms with Gasteiger partial charge in [0.05, 0.1) is 0 Å². The van der Waals surface area contributed by atoms with Crippen LogP contribution in [0.4, 0.5) is 4.79 Å². The zero-order valence-corrected chi connectivity index (χ0v) is 8.85. The van der Waals surface area contributed by atoms with Gasteiger partial charge in [0.15, 0.2) is 0 Å². The van der Waals surface area contributed by atoms with Crippen LogP contribution in [-0.4, -0.2) is 31.2 Å². The minimum absolute atomic E-state index is 0.262. The lowest BCUT2D eigenvalue weighted by Crippen LogP contribution is -2.28. The standard InChI is InChI=1S/C11H16N2O2/c1-13(11(14)15-8-7-12)9-10-5-3-2-4-6-10/h2-6H,7-9,12H2,1H3. The van der Waals surface area contributed by atoms with Crippen molar-refractivity contribution >= 4 is 6.09 Å². The molecule has 0 spiro atoms. The van der Waals surface area contributed by atoms with E-state index in [0.29, 0.717) is 13.1 Å². The molecule has 0 bridgehead atoms. The van der Waals surface area contributed by atoms with Gasteiger partial charge in [-0.1, -0.05) is 30.3 Å². The van der Waals surface area contributed by atoms with E-state index in [9.17, 15) is 4.79 Å². The Morgan fingerprint density at radius 2 is 2.07 bits per heavy atom. The zero-order chi connectivity index (χ0) is 11.1. The van der Waals surface area contributed by atoms with Gasteiger partial charge in [0, 0.05) is 20.1 Å². The molecule has 1 aromatic rings. The van der Waals surface area contributed by atoms with Gasteiger partial charge in [0.1, 0.15) is 6.61 Å². The molecule has 2 N–H and O–H groups in total. The van der Waals surface area contributed by atoms with E-state index < -0.39 is 0 Å². The molecular weight excluding hydrogens is 192 g/mol. The van der Waals surface area contributed by atoms with Crippen molar-refractivity contribution in [1.82, 2.24) is 4.90 Å². The van der Waals surface area contributed by atoms with E-state index in [4.69, 9.17) is 10.5 Å². The molecule has 0 saturated carbocycles. The molecule has 0 aromatic heterocycles. The van der Waals surface area contributed by atoms with Gasteiger partial charge in [-0.25, -0.2) is 4.79 Å². The Labute approximate surface area is 89.6 Å². The summed E-state index contributed by atoms with van der Waals surface area (Å²) in [5.41, 5.74) is 6.31. The third-order valence-electron chi connectivity index (χ3n) is 1.92. The van der Waals surface area contributed by atoms with E-state index >= 15 is 0 Å². The van der Waals surface area contributed by atoms with Crippen LogP contribution in [0.1, 0.15) is 5.56 Å². The molecule has 0 fully saturated rings. The number of rotatable bonds is 4. The second kappa shape index (κ2) is 6.03. The summed E-state index contributed by atoms with van der Waals surface area (Å²) in [6, 6.07) is 9.75. The molecule has 4 nitrogen and oxygen atoms in total. The van der Waals surface area contributed by atoms with E-state index in [1.165, 1.54) is 4.90 Å². The average Bonchev–Trinajstić information content (AvgIpc) is 2.27. The summed E-state index contributed by atoms with van der Waals surface area (Å²) in [6.07, 6.45) is -0.343. The number of nitrogens with two attached hydrogens (primary N) is 1. The predicted octanol–water partition coefficient (Wildman–Crippen LogP) is 1.21. The fourth-order valence-electron chi connectivity index (χ4n) is 1.18. The summed E-state index contributed by atoms with van der Waals surface area (Å²) in [7, 11) is 1.70. The van der Waals surface area contributed by atoms with Gasteiger partial charge in [0.25, 0.3) is 0 Å². The number of benzene rings is 1. The normalized spacial score (nSPS) is 9.73. The van der Waals surface area contributed by atoms with E-state index in [-0.39, 0.29) is 12.7 Å². The molecule has 0 atom stereocenters. The van der Waals surface area contributed by atoms with Gasteiger partial charge in [-0.3, -0.25) is 0 Å². The molecule has 1 amide bonds. The van der Waals surface area contributed by atoms with Crippen molar-refractivity contribution in [2.24, 2.45) is 5.73 Å². The first kappa shape index (κ1) is 11.5. The molecule has 0 aliphatic heterocycles. The third kappa shape index (κ3) is 3.99. The van der Waals surface area contributed by atoms with Crippen molar-refractivity contribution in [2.75, 3.05) is 20.2 Å². The van der Waals surface area contributed by atoms with Gasteiger partial charge in [-0.05, 0) is 5.56 Å². The van der Waals surface area contributed by atoms with Crippen LogP contribution in [0.5, 0.6) is 0 Å². The third-order valence-corrected chi connectivity index (χ3v) is 1.92. The monoisotopic (exact) mass is 208 g/mol. The van der Waals surface area contributed by atoms with Crippen LogP contribution in [0.15, 0.2) is 30.3 Å². The highest BCUT2D eigenvalue weighted by Crippen LogP contribution is 2.03. The molecule has 15 heavy (non-hydrogen) atoms. The Bertz CT molecular complexity index is 301. The lowest BCUT2D eigenvalue weighted by Gasteiger charge is -2.16. The van der Waals surface area contributed by atoms with Crippen LogP contribution in [0.25, 0.3) is 0 Å². The molecule has 1 aromatic carbocycles. The predicted molar refractivity (Wildman–Crippen MR) is 58.3 cm³/mol. The van der Waals surface area contributed by atoms with Crippen LogP contribution in [0.2, 0.25) is 0 Å². The van der Waals surface area contributed by atoms with Gasteiger partial charge >= 0.3 is 6.09 Å². The molecule has 0 aliphatic rings. The SMILES string of the molecule is CN(Cc1ccccc1)C(=O)OCCN. The number of amides is 1. The quantitative estimate of drug-likeness (QED) is 0.809. The van der Waals surface area contributed by atoms with Gasteiger partial charge in [-0.2, -0.15) is 0 Å². The van der Waals surface area contributed by atoms with Crippen LogP contribution < -0.4 is 5.73 Å². The highest BCUT2D eigenvalue weighted by molar-refractivity contribution is 5.67. The molecule has 0 saturated heterocycles. The summed E-state index contributed by atoms with van der Waals surface area (Å²) in [5.74, 6) is 0. The number of hydrogen-bond acceptors (Lipinski definition) is 3. The van der Waals surface area contributed by atoms with E-state index in [1.807, 2.05) is 30.3 Å². The fraction of sp³-hybridized carbons (Fsp3) is 0.364. The van der Waals surface area contributed by atoms with Crippen molar-refractivity contribution in [3.8, 4) is 0 Å². The maximum absolute atomic E-state index is 11.4. The summed E-state index contributed by atoms with van der Waals surface area (Å²) < 4.78 is 4.89. The van der Waals surface area contributed by atoms with Crippen molar-refractivity contribution in [2.45, 2.75) is 6.54 Å². The highest BCUT2D eigenvalue weighted by Gasteiger charge is 2.09. The van der Waals surface area contributed by atoms with Crippen LogP contribution in [-0.2, 0) is 11.3 Å². The first-order chi connectivity index (χ1) is 7.24. The summed E-state index contributed by atoms with van der Waals surface area (Å²) in [5, 5.41) is 0. The topological polar surface area (TPSA) is 55.6 Å². The first-order valence-corrected chi connectivity index (χ1v) is 4.86. The summed E-state index contributed by atoms with van der Waals surface area (Å²) >= 11 is 0. The van der Waals surface area contributed by atoms with Gasteiger partial charge in [0.2, 0.25) is 0 Å². The zero-order valence-electron chi connectivity index (χ0n) is 8.85. The van der Waals surface area contributed by atoms with Crippen LogP contribution in [0.3, 0.4) is 0 Å². The molecule has 4 heteroatoms. The number of hydrogen-bond donors (Lipinski definition) is 1. The largest absolute Gasteiger partial charge is 0.448 e. The molecule has 0 radical (unpaired) electrons. The van der Waals surface area contributed by atoms with E-state index in [2.05, 4.69) is 0 Å². The Balaban J connectivity index is 2.41. The molecular formula is C11H16N2O2. The number of ether oxygens (including phenoxy) is 1. The Hall–Kier alpha value is -1.55. The van der Waals surface area contributed by atoms with Crippen molar-refractivity contribution in [1.29, 1.82) is 0 Å². The second-order valence-electron chi connectivity index (χ2n) is 3.24. The van der Waals surface area contributed by atoms with Crippen LogP contribution >= 0.6 is 0 Å². The lowest BCUT2D eigenvalue weighted by molar-refractivity contribution is 0.112. The van der Waals surface area contributed by atoms with E-state index in [0.717, 1.165) is 5.56 Å². The highest BCUT2D eigenvalue weighted by atomic mass is 16.6. The maximum Gasteiger partial charge on any atom is 0.409 e. The van der Waals surface area contributed by atoms with Crippen molar-refractivity contribution in [3.05, 3.63) is 35.9 Å². The van der Waals surface area contributed by atoms with Gasteiger partial charge < -0.3 is 15.4 Å². The minimum Gasteiger partial charge on any atom is -0.448 e. The van der Waals surface area contributed by atoms with Crippen molar-refractivity contribution in [3.63, 3.8) is 0 Å². The van der Waals surface area contributed by atoms with Gasteiger partial charge in [-0.15, -0.1) is 0 Å². The fourth-order valence-corrected chi connectivity index (χ4v) is 1.18. The molecule has 0 heterocycles. The number of carbonyl (C=O) groups is 1. The first-order valence-electron chi connectivity index (χ1n) is 4.86. The maximum atomic E-state index is 11.4. The smallest absolute Gasteiger partial charge is 0.409 e. The molecule has 1 rings (SSSR count). The van der Waals surface area contributed by atoms with E-state index in [1.54, 1.807) is 7.05 Å². The number of nitrogens with zero attached hydrogens (tertiary/aromatic N) is 1. The Morgan fingerprint density at radius 1 is 1.40 bits per heavy atom. The molecule has 0 unspecified atom stereocenters. The van der Waals surface area contributed by atoms with Crippen molar-refractivity contribution < 1.29 is 9.53 Å². The Morgan fingerprint density at radius 3 is 2.67 bits per heavy atom. The summed E-state index contributed by atoms with van der Waals surface area (Å²) in [6.45, 7) is 1.16. The lowest BCUT2D eigenvalue weighted by atomic mass is 10.2. The second-order valence-corrected chi connectivity index (χ2v) is 3.24.